The number of anilines is 2. The van der Waals surface area contributed by atoms with Crippen LogP contribution in [-0.4, -0.2) is 54.0 Å². The van der Waals surface area contributed by atoms with E-state index in [4.69, 9.17) is 23.2 Å². The van der Waals surface area contributed by atoms with Crippen molar-refractivity contribution in [2.45, 2.75) is 0 Å². The number of carbonyl (C=O) groups is 1. The van der Waals surface area contributed by atoms with Crippen LogP contribution < -0.4 is 10.2 Å². The van der Waals surface area contributed by atoms with Crippen molar-refractivity contribution in [2.75, 3.05) is 43.4 Å². The van der Waals surface area contributed by atoms with Gasteiger partial charge >= 0.3 is 0 Å². The Morgan fingerprint density at radius 1 is 1.04 bits per heavy atom. The van der Waals surface area contributed by atoms with Gasteiger partial charge in [0.1, 0.15) is 0 Å². The molecule has 1 saturated heterocycles. The topological polar surface area (TPSA) is 61.4 Å². The molecule has 1 aromatic heterocycles. The van der Waals surface area contributed by atoms with E-state index in [9.17, 15) is 4.79 Å². The van der Waals surface area contributed by atoms with Crippen LogP contribution in [0.3, 0.4) is 0 Å². The standard InChI is InChI=1S/C16H17Cl2N5O/c1-22-2-4-23(5-3-22)16-19-9-11(10-20-16)15(24)21-14-7-12(17)6-13(18)8-14/h6-10H,2-5H2,1H3,(H,21,24). The number of nitrogens with one attached hydrogen (secondary N) is 1. The number of nitrogens with zero attached hydrogens (tertiary/aromatic N) is 4. The molecule has 1 N–H and O–H groups in total. The van der Waals surface area contributed by atoms with E-state index in [1.165, 1.54) is 12.4 Å². The summed E-state index contributed by atoms with van der Waals surface area (Å²) in [6, 6.07) is 4.86. The second-order valence-electron chi connectivity index (χ2n) is 5.67. The monoisotopic (exact) mass is 365 g/mol. The lowest BCUT2D eigenvalue weighted by Crippen LogP contribution is -2.45. The number of piperazine rings is 1. The van der Waals surface area contributed by atoms with Gasteiger partial charge in [-0.3, -0.25) is 4.79 Å². The zero-order valence-corrected chi connectivity index (χ0v) is 14.7. The minimum Gasteiger partial charge on any atom is -0.338 e. The SMILES string of the molecule is CN1CCN(c2ncc(C(=O)Nc3cc(Cl)cc(Cl)c3)cn2)CC1. The van der Waals surface area contributed by atoms with Crippen LogP contribution in [0, 0.1) is 0 Å². The Morgan fingerprint density at radius 3 is 2.21 bits per heavy atom. The lowest BCUT2D eigenvalue weighted by molar-refractivity contribution is 0.102. The summed E-state index contributed by atoms with van der Waals surface area (Å²) in [6.45, 7) is 3.70. The van der Waals surface area contributed by atoms with Gasteiger partial charge in [-0.05, 0) is 25.2 Å². The lowest BCUT2D eigenvalue weighted by atomic mass is 10.2. The highest BCUT2D eigenvalue weighted by molar-refractivity contribution is 6.35. The normalized spacial score (nSPS) is 15.4. The predicted molar refractivity (Wildman–Crippen MR) is 96.2 cm³/mol. The fraction of sp³-hybridized carbons (Fsp3) is 0.312. The minimum atomic E-state index is -0.307. The number of carbonyl (C=O) groups excluding carboxylic acids is 1. The fourth-order valence-electron chi connectivity index (χ4n) is 2.44. The van der Waals surface area contributed by atoms with E-state index in [1.54, 1.807) is 18.2 Å². The molecule has 8 heteroatoms. The quantitative estimate of drug-likeness (QED) is 0.905. The molecule has 1 aliphatic rings. The molecular formula is C16H17Cl2N5O. The van der Waals surface area contributed by atoms with Crippen LogP contribution in [0.4, 0.5) is 11.6 Å². The molecule has 1 aromatic carbocycles. The molecule has 0 radical (unpaired) electrons. The van der Waals surface area contributed by atoms with Gasteiger partial charge in [-0.25, -0.2) is 9.97 Å². The van der Waals surface area contributed by atoms with Gasteiger partial charge in [-0.15, -0.1) is 0 Å². The molecule has 1 aliphatic heterocycles. The number of likely N-dealkylation sites (N-methyl/N-ethyl adjacent to an activating group) is 1. The van der Waals surface area contributed by atoms with Crippen molar-refractivity contribution < 1.29 is 4.79 Å². The Bertz CT molecular complexity index is 709. The highest BCUT2D eigenvalue weighted by Gasteiger charge is 2.17. The Labute approximate surface area is 150 Å². The summed E-state index contributed by atoms with van der Waals surface area (Å²) in [6.07, 6.45) is 3.06. The van der Waals surface area contributed by atoms with Crippen molar-refractivity contribution >= 4 is 40.7 Å². The van der Waals surface area contributed by atoms with Gasteiger partial charge in [0, 0.05) is 54.3 Å². The highest BCUT2D eigenvalue weighted by Crippen LogP contribution is 2.23. The van der Waals surface area contributed by atoms with Crippen LogP contribution in [0.1, 0.15) is 10.4 Å². The van der Waals surface area contributed by atoms with E-state index in [0.717, 1.165) is 26.2 Å². The average Bonchev–Trinajstić information content (AvgIpc) is 2.55. The molecule has 3 rings (SSSR count). The van der Waals surface area contributed by atoms with Gasteiger partial charge in [0.15, 0.2) is 0 Å². The summed E-state index contributed by atoms with van der Waals surface area (Å²) >= 11 is 11.9. The van der Waals surface area contributed by atoms with Gasteiger partial charge < -0.3 is 15.1 Å². The largest absolute Gasteiger partial charge is 0.338 e. The number of hydrogen-bond donors (Lipinski definition) is 1. The minimum absolute atomic E-state index is 0.307. The van der Waals surface area contributed by atoms with Gasteiger partial charge in [0.05, 0.1) is 5.56 Å². The second kappa shape index (κ2) is 7.34. The van der Waals surface area contributed by atoms with Crippen LogP contribution in [0.25, 0.3) is 0 Å². The zero-order valence-electron chi connectivity index (χ0n) is 13.2. The van der Waals surface area contributed by atoms with E-state index >= 15 is 0 Å². The van der Waals surface area contributed by atoms with Crippen LogP contribution in [0.2, 0.25) is 10.0 Å². The molecule has 24 heavy (non-hydrogen) atoms. The lowest BCUT2D eigenvalue weighted by Gasteiger charge is -2.32. The molecule has 2 aromatic rings. The first kappa shape index (κ1) is 17.0. The molecule has 1 amide bonds. The molecule has 0 bridgehead atoms. The van der Waals surface area contributed by atoms with Crippen molar-refractivity contribution in [1.29, 1.82) is 0 Å². The molecular weight excluding hydrogens is 349 g/mol. The summed E-state index contributed by atoms with van der Waals surface area (Å²) in [7, 11) is 2.09. The maximum atomic E-state index is 12.3. The molecule has 0 unspecified atom stereocenters. The number of halogens is 2. The van der Waals surface area contributed by atoms with Gasteiger partial charge in [0.25, 0.3) is 5.91 Å². The second-order valence-corrected chi connectivity index (χ2v) is 6.55. The van der Waals surface area contributed by atoms with E-state index in [2.05, 4.69) is 32.1 Å². The molecule has 0 aliphatic carbocycles. The Kier molecular flexibility index (Phi) is 5.18. The summed E-state index contributed by atoms with van der Waals surface area (Å²) < 4.78 is 0. The van der Waals surface area contributed by atoms with Crippen molar-refractivity contribution in [3.63, 3.8) is 0 Å². The first-order chi connectivity index (χ1) is 11.5. The van der Waals surface area contributed by atoms with E-state index < -0.39 is 0 Å². The maximum Gasteiger partial charge on any atom is 0.258 e. The van der Waals surface area contributed by atoms with Crippen molar-refractivity contribution in [2.24, 2.45) is 0 Å². The summed E-state index contributed by atoms with van der Waals surface area (Å²) in [4.78, 5) is 25.3. The smallest absolute Gasteiger partial charge is 0.258 e. The van der Waals surface area contributed by atoms with E-state index in [-0.39, 0.29) is 5.91 Å². The number of benzene rings is 1. The molecule has 0 saturated carbocycles. The van der Waals surface area contributed by atoms with E-state index in [1.807, 2.05) is 0 Å². The molecule has 126 valence electrons. The number of rotatable bonds is 3. The van der Waals surface area contributed by atoms with Crippen molar-refractivity contribution in [3.8, 4) is 0 Å². The van der Waals surface area contributed by atoms with Gasteiger partial charge in [-0.1, -0.05) is 23.2 Å². The molecule has 0 atom stereocenters. The molecule has 1 fully saturated rings. The van der Waals surface area contributed by atoms with Gasteiger partial charge in [0.2, 0.25) is 5.95 Å². The van der Waals surface area contributed by atoms with Crippen LogP contribution in [-0.2, 0) is 0 Å². The summed E-state index contributed by atoms with van der Waals surface area (Å²) in [5.74, 6) is 0.337. The Hall–Kier alpha value is -1.89. The third-order valence-corrected chi connectivity index (χ3v) is 4.24. The van der Waals surface area contributed by atoms with Crippen molar-refractivity contribution in [3.05, 3.63) is 46.2 Å². The Balaban J connectivity index is 1.67. The number of amides is 1. The third-order valence-electron chi connectivity index (χ3n) is 3.81. The zero-order chi connectivity index (χ0) is 17.1. The number of aromatic nitrogens is 2. The first-order valence-corrected chi connectivity index (χ1v) is 8.30. The predicted octanol–water partition coefficient (Wildman–Crippen LogP) is 2.79. The summed E-state index contributed by atoms with van der Waals surface area (Å²) in [5.41, 5.74) is 0.907. The van der Waals surface area contributed by atoms with Crippen LogP contribution in [0.5, 0.6) is 0 Å². The average molecular weight is 366 g/mol. The fourth-order valence-corrected chi connectivity index (χ4v) is 2.96. The van der Waals surface area contributed by atoms with E-state index in [0.29, 0.717) is 27.2 Å². The third kappa shape index (κ3) is 4.14. The Morgan fingerprint density at radius 2 is 1.62 bits per heavy atom. The summed E-state index contributed by atoms with van der Waals surface area (Å²) in [5, 5.41) is 3.65. The molecule has 0 spiro atoms. The van der Waals surface area contributed by atoms with Gasteiger partial charge in [-0.2, -0.15) is 0 Å². The molecule has 2 heterocycles. The van der Waals surface area contributed by atoms with Crippen LogP contribution in [0.15, 0.2) is 30.6 Å². The number of hydrogen-bond acceptors (Lipinski definition) is 5. The highest BCUT2D eigenvalue weighted by atomic mass is 35.5. The first-order valence-electron chi connectivity index (χ1n) is 7.54. The van der Waals surface area contributed by atoms with Crippen molar-refractivity contribution in [1.82, 2.24) is 14.9 Å². The maximum absolute atomic E-state index is 12.3. The molecule has 6 nitrogen and oxygen atoms in total. The van der Waals surface area contributed by atoms with Crippen LogP contribution >= 0.6 is 23.2 Å².